The van der Waals surface area contributed by atoms with Gasteiger partial charge >= 0.3 is 18.4 Å². The smallest absolute Gasteiger partial charge is 0.444 e. The first-order chi connectivity index (χ1) is 13.0. The minimum absolute atomic E-state index is 0.270. The monoisotopic (exact) mass is 418 g/mol. The largest absolute Gasteiger partial charge is 0.519 e. The summed E-state index contributed by atoms with van der Waals surface area (Å²) in [7, 11) is 0. The average Bonchev–Trinajstić information content (AvgIpc) is 2.42. The maximum Gasteiger partial charge on any atom is 0.519 e. The summed E-state index contributed by atoms with van der Waals surface area (Å²) in [4.78, 5) is 33.4. The fourth-order valence-electron chi connectivity index (χ4n) is 2.05. The summed E-state index contributed by atoms with van der Waals surface area (Å²) in [6, 6.07) is 0.270. The van der Waals surface area contributed by atoms with E-state index in [-0.39, 0.29) is 12.1 Å². The summed E-state index contributed by atoms with van der Waals surface area (Å²) in [6.45, 7) is 17.6. The van der Waals surface area contributed by atoms with Gasteiger partial charge in [0.2, 0.25) is 0 Å². The Morgan fingerprint density at radius 2 is 1.10 bits per heavy atom. The fraction of sp³-hybridized carbons (Fsp3) is 0.850. The van der Waals surface area contributed by atoms with E-state index in [0.29, 0.717) is 0 Å². The molecule has 1 aliphatic rings. The predicted octanol–water partition coefficient (Wildman–Crippen LogP) is 4.14. The van der Waals surface area contributed by atoms with Gasteiger partial charge in [-0.25, -0.2) is 14.4 Å². The van der Waals surface area contributed by atoms with E-state index in [0.717, 1.165) is 25.9 Å². The van der Waals surface area contributed by atoms with Crippen LogP contribution in [0.3, 0.4) is 0 Å². The minimum Gasteiger partial charge on any atom is -0.444 e. The number of carbonyl (C=O) groups excluding carboxylic acids is 3. The SMILES string of the molecule is CC(C)(C)OC(=O)NC1CCNCC1.CC(C)(C)OC(=O)OC(=O)OC(C)(C)C. The normalized spacial score (nSPS) is 15.3. The highest BCUT2D eigenvalue weighted by molar-refractivity contribution is 5.77. The van der Waals surface area contributed by atoms with Gasteiger partial charge in [0, 0.05) is 6.04 Å². The highest BCUT2D eigenvalue weighted by Crippen LogP contribution is 2.12. The van der Waals surface area contributed by atoms with Crippen LogP contribution >= 0.6 is 0 Å². The second-order valence-electron chi connectivity index (χ2n) is 9.70. The molecule has 0 atom stereocenters. The Bertz CT molecular complexity index is 511. The van der Waals surface area contributed by atoms with Gasteiger partial charge in [0.05, 0.1) is 0 Å². The first-order valence-corrected chi connectivity index (χ1v) is 9.81. The lowest BCUT2D eigenvalue weighted by Gasteiger charge is -2.26. The molecule has 1 amide bonds. The van der Waals surface area contributed by atoms with Gasteiger partial charge in [-0.3, -0.25) is 0 Å². The maximum atomic E-state index is 11.4. The van der Waals surface area contributed by atoms with Crippen LogP contribution in [0.15, 0.2) is 0 Å². The van der Waals surface area contributed by atoms with E-state index in [1.54, 1.807) is 41.5 Å². The van der Waals surface area contributed by atoms with E-state index < -0.39 is 29.1 Å². The number of rotatable bonds is 1. The van der Waals surface area contributed by atoms with Crippen LogP contribution in [0.2, 0.25) is 0 Å². The summed E-state index contributed by atoms with van der Waals surface area (Å²) in [5, 5.41) is 6.12. The van der Waals surface area contributed by atoms with Crippen molar-refractivity contribution in [2.75, 3.05) is 13.1 Å². The molecule has 2 N–H and O–H groups in total. The van der Waals surface area contributed by atoms with Crippen molar-refractivity contribution in [3.8, 4) is 0 Å². The molecule has 9 heteroatoms. The predicted molar refractivity (Wildman–Crippen MR) is 109 cm³/mol. The van der Waals surface area contributed by atoms with Gasteiger partial charge < -0.3 is 29.6 Å². The highest BCUT2D eigenvalue weighted by atomic mass is 16.8. The van der Waals surface area contributed by atoms with Gasteiger partial charge in [0.15, 0.2) is 0 Å². The molecule has 0 aromatic carbocycles. The third-order valence-electron chi connectivity index (χ3n) is 3.01. The van der Waals surface area contributed by atoms with Crippen molar-refractivity contribution in [1.29, 1.82) is 0 Å². The third-order valence-corrected chi connectivity index (χ3v) is 3.01. The molecule has 0 unspecified atom stereocenters. The number of hydrogen-bond donors (Lipinski definition) is 2. The van der Waals surface area contributed by atoms with Gasteiger partial charge in [0.1, 0.15) is 16.8 Å². The molecule has 0 aliphatic carbocycles. The Morgan fingerprint density at radius 1 is 0.724 bits per heavy atom. The lowest BCUT2D eigenvalue weighted by atomic mass is 10.1. The van der Waals surface area contributed by atoms with Crippen LogP contribution < -0.4 is 10.6 Å². The molecule has 9 nitrogen and oxygen atoms in total. The van der Waals surface area contributed by atoms with Crippen molar-refractivity contribution >= 4 is 18.4 Å². The molecule has 1 aliphatic heterocycles. The summed E-state index contributed by atoms with van der Waals surface area (Å²) < 4.78 is 19.0. The van der Waals surface area contributed by atoms with Gasteiger partial charge in [-0.1, -0.05) is 0 Å². The Morgan fingerprint density at radius 3 is 1.45 bits per heavy atom. The van der Waals surface area contributed by atoms with E-state index in [2.05, 4.69) is 15.4 Å². The Kier molecular flexibility index (Phi) is 10.4. The zero-order chi connectivity index (χ0) is 22.9. The Hall–Kier alpha value is -2.03. The number of amides is 1. The topological polar surface area (TPSA) is 112 Å². The summed E-state index contributed by atoms with van der Waals surface area (Å²) in [6.07, 6.45) is -0.448. The van der Waals surface area contributed by atoms with Gasteiger partial charge in [-0.15, -0.1) is 0 Å². The van der Waals surface area contributed by atoms with Crippen molar-refractivity contribution in [2.45, 2.75) is 98.0 Å². The zero-order valence-corrected chi connectivity index (χ0v) is 19.3. The molecule has 1 heterocycles. The zero-order valence-electron chi connectivity index (χ0n) is 19.3. The van der Waals surface area contributed by atoms with Gasteiger partial charge in [0.25, 0.3) is 0 Å². The summed E-state index contributed by atoms with van der Waals surface area (Å²) in [5.41, 5.74) is -1.80. The van der Waals surface area contributed by atoms with E-state index >= 15 is 0 Å². The molecular formula is C20H38N2O7. The molecule has 0 spiro atoms. The molecule has 0 bridgehead atoms. The van der Waals surface area contributed by atoms with Crippen LogP contribution in [-0.2, 0) is 18.9 Å². The Balaban J connectivity index is 0.000000541. The highest BCUT2D eigenvalue weighted by Gasteiger charge is 2.24. The lowest BCUT2D eigenvalue weighted by molar-refractivity contribution is -0.0294. The number of alkyl carbamates (subject to hydrolysis) is 1. The van der Waals surface area contributed by atoms with Crippen molar-refractivity contribution in [2.24, 2.45) is 0 Å². The molecule has 0 radical (unpaired) electrons. The molecule has 170 valence electrons. The molecule has 1 saturated heterocycles. The standard InChI is InChI=1S/C10H20N2O2.C10H18O5/c1-10(2,3)14-9(13)12-8-4-6-11-7-5-8;1-9(2,3)14-7(11)13-8(12)15-10(4,5)6/h8,11H,4-7H2,1-3H3,(H,12,13);1-6H3. The number of hydrogen-bond acceptors (Lipinski definition) is 8. The van der Waals surface area contributed by atoms with Crippen LogP contribution in [-0.4, -0.2) is 54.3 Å². The first-order valence-electron chi connectivity index (χ1n) is 9.81. The maximum absolute atomic E-state index is 11.4. The van der Waals surface area contributed by atoms with E-state index in [4.69, 9.17) is 14.2 Å². The summed E-state index contributed by atoms with van der Waals surface area (Å²) in [5.74, 6) is 0. The van der Waals surface area contributed by atoms with E-state index in [1.165, 1.54) is 0 Å². The number of nitrogens with one attached hydrogen (secondary N) is 2. The lowest BCUT2D eigenvalue weighted by Crippen LogP contribution is -2.44. The average molecular weight is 419 g/mol. The third kappa shape index (κ3) is 17.8. The fourth-order valence-corrected chi connectivity index (χ4v) is 2.05. The quantitative estimate of drug-likeness (QED) is 0.371. The molecule has 1 fully saturated rings. The van der Waals surface area contributed by atoms with Crippen molar-refractivity contribution < 1.29 is 33.3 Å². The Labute approximate surface area is 174 Å². The van der Waals surface area contributed by atoms with Crippen LogP contribution in [0.4, 0.5) is 14.4 Å². The summed E-state index contributed by atoms with van der Waals surface area (Å²) >= 11 is 0. The second kappa shape index (κ2) is 11.2. The molecule has 0 aromatic rings. The van der Waals surface area contributed by atoms with Gasteiger partial charge in [-0.05, 0) is 88.2 Å². The molecule has 29 heavy (non-hydrogen) atoms. The van der Waals surface area contributed by atoms with Crippen LogP contribution in [0.1, 0.15) is 75.2 Å². The second-order valence-corrected chi connectivity index (χ2v) is 9.70. The minimum atomic E-state index is -1.06. The number of carbonyl (C=O) groups is 3. The molecule has 1 rings (SSSR count). The van der Waals surface area contributed by atoms with E-state index in [9.17, 15) is 14.4 Å². The number of piperidine rings is 1. The van der Waals surface area contributed by atoms with Crippen molar-refractivity contribution in [3.05, 3.63) is 0 Å². The van der Waals surface area contributed by atoms with Crippen LogP contribution in [0.25, 0.3) is 0 Å². The van der Waals surface area contributed by atoms with Gasteiger partial charge in [-0.2, -0.15) is 0 Å². The molecular weight excluding hydrogens is 380 g/mol. The van der Waals surface area contributed by atoms with Crippen molar-refractivity contribution in [3.63, 3.8) is 0 Å². The number of ether oxygens (including phenoxy) is 4. The molecule has 0 saturated carbocycles. The van der Waals surface area contributed by atoms with Crippen molar-refractivity contribution in [1.82, 2.24) is 10.6 Å². The first kappa shape index (κ1) is 27.0. The van der Waals surface area contributed by atoms with E-state index in [1.807, 2.05) is 20.8 Å². The van der Waals surface area contributed by atoms with Crippen LogP contribution in [0.5, 0.6) is 0 Å². The van der Waals surface area contributed by atoms with Crippen LogP contribution in [0, 0.1) is 0 Å². The molecule has 0 aromatic heterocycles.